The van der Waals surface area contributed by atoms with Crippen LogP contribution < -0.4 is 4.74 Å². The Bertz CT molecular complexity index is 1090. The van der Waals surface area contributed by atoms with E-state index in [1.807, 2.05) is 6.20 Å². The van der Waals surface area contributed by atoms with Gasteiger partial charge in [-0.1, -0.05) is 25.5 Å². The first kappa shape index (κ1) is 14.5. The molecule has 0 unspecified atom stereocenters. The van der Waals surface area contributed by atoms with Crippen molar-refractivity contribution in [3.05, 3.63) is 59.9 Å². The monoisotopic (exact) mass is 328 g/mol. The van der Waals surface area contributed by atoms with E-state index in [1.165, 1.54) is 38.5 Å². The maximum Gasteiger partial charge on any atom is 0.122 e. The van der Waals surface area contributed by atoms with Crippen LogP contribution in [0.5, 0.6) is 5.75 Å². The fourth-order valence-electron chi connectivity index (χ4n) is 3.85. The summed E-state index contributed by atoms with van der Waals surface area (Å²) in [6, 6.07) is 15.3. The molecule has 3 heterocycles. The van der Waals surface area contributed by atoms with Crippen LogP contribution in [0.3, 0.4) is 0 Å². The highest BCUT2D eigenvalue weighted by Crippen LogP contribution is 2.34. The molecule has 0 bridgehead atoms. The molecule has 0 radical (unpaired) electrons. The maximum atomic E-state index is 5.63. The number of aryl methyl sites for hydroxylation is 1. The molecule has 1 N–H and O–H groups in total. The molecule has 0 amide bonds. The normalized spacial score (nSPS) is 13.3. The summed E-state index contributed by atoms with van der Waals surface area (Å²) in [7, 11) is 0. The smallest absolute Gasteiger partial charge is 0.122 e. The molecular weight excluding hydrogens is 308 g/mol. The SMILES string of the molecule is CCCc1nccc2c1[nH]c1ccc(-c3ccc4c(c3)CCO4)cc12. The van der Waals surface area contributed by atoms with E-state index in [1.54, 1.807) is 0 Å². The van der Waals surface area contributed by atoms with Crippen LogP contribution in [-0.2, 0) is 12.8 Å². The van der Waals surface area contributed by atoms with Gasteiger partial charge in [0.15, 0.2) is 0 Å². The van der Waals surface area contributed by atoms with Gasteiger partial charge in [-0.25, -0.2) is 0 Å². The Balaban J connectivity index is 1.68. The van der Waals surface area contributed by atoms with Gasteiger partial charge in [0, 0.05) is 28.9 Å². The molecule has 2 aromatic carbocycles. The average Bonchev–Trinajstić information content (AvgIpc) is 3.25. The lowest BCUT2D eigenvalue weighted by atomic mass is 10.00. The fraction of sp³-hybridized carbons (Fsp3) is 0.227. The number of nitrogens with one attached hydrogen (secondary N) is 1. The Morgan fingerprint density at radius 3 is 2.84 bits per heavy atom. The van der Waals surface area contributed by atoms with Crippen molar-refractivity contribution in [2.45, 2.75) is 26.2 Å². The summed E-state index contributed by atoms with van der Waals surface area (Å²) in [5.41, 5.74) is 7.33. The second-order valence-corrected chi connectivity index (χ2v) is 6.74. The van der Waals surface area contributed by atoms with E-state index < -0.39 is 0 Å². The van der Waals surface area contributed by atoms with Crippen LogP contribution in [0.15, 0.2) is 48.7 Å². The summed E-state index contributed by atoms with van der Waals surface area (Å²) < 4.78 is 5.63. The second-order valence-electron chi connectivity index (χ2n) is 6.74. The van der Waals surface area contributed by atoms with Gasteiger partial charge in [-0.05, 0) is 53.4 Å². The standard InChI is InChI=1S/C22H20N2O/c1-2-3-20-22-17(8-10-23-20)18-13-15(4-6-19(18)24-22)14-5-7-21-16(12-14)9-11-25-21/h4-8,10,12-13,24H,2-3,9,11H2,1H3. The number of pyridine rings is 1. The van der Waals surface area contributed by atoms with Gasteiger partial charge < -0.3 is 9.72 Å². The van der Waals surface area contributed by atoms with Crippen molar-refractivity contribution in [2.75, 3.05) is 6.61 Å². The van der Waals surface area contributed by atoms with Gasteiger partial charge in [0.25, 0.3) is 0 Å². The number of rotatable bonds is 3. The van der Waals surface area contributed by atoms with Crippen LogP contribution in [0.25, 0.3) is 32.9 Å². The lowest BCUT2D eigenvalue weighted by Crippen LogP contribution is -1.89. The molecule has 0 aliphatic carbocycles. The third kappa shape index (κ3) is 2.30. The number of nitrogens with zero attached hydrogens (tertiary/aromatic N) is 1. The number of benzene rings is 2. The van der Waals surface area contributed by atoms with Crippen molar-refractivity contribution >= 4 is 21.8 Å². The number of hydrogen-bond donors (Lipinski definition) is 1. The summed E-state index contributed by atoms with van der Waals surface area (Å²) in [5, 5.41) is 2.53. The quantitative estimate of drug-likeness (QED) is 0.556. The van der Waals surface area contributed by atoms with Crippen LogP contribution in [-0.4, -0.2) is 16.6 Å². The van der Waals surface area contributed by atoms with E-state index >= 15 is 0 Å². The molecule has 5 rings (SSSR count). The lowest BCUT2D eigenvalue weighted by Gasteiger charge is -2.05. The lowest BCUT2D eigenvalue weighted by molar-refractivity contribution is 0.357. The molecule has 0 saturated carbocycles. The van der Waals surface area contributed by atoms with Crippen LogP contribution in [0.1, 0.15) is 24.6 Å². The summed E-state index contributed by atoms with van der Waals surface area (Å²) in [5.74, 6) is 1.03. The van der Waals surface area contributed by atoms with Crippen molar-refractivity contribution < 1.29 is 4.74 Å². The highest BCUT2D eigenvalue weighted by molar-refractivity contribution is 6.09. The first-order chi connectivity index (χ1) is 12.3. The Morgan fingerprint density at radius 1 is 1.04 bits per heavy atom. The molecule has 124 valence electrons. The van der Waals surface area contributed by atoms with Crippen molar-refractivity contribution in [3.8, 4) is 16.9 Å². The Morgan fingerprint density at radius 2 is 1.92 bits per heavy atom. The minimum absolute atomic E-state index is 0.799. The van der Waals surface area contributed by atoms with E-state index in [0.29, 0.717) is 0 Å². The van der Waals surface area contributed by atoms with Crippen LogP contribution in [0.2, 0.25) is 0 Å². The summed E-state index contributed by atoms with van der Waals surface area (Å²) in [6.45, 7) is 2.99. The van der Waals surface area contributed by atoms with Gasteiger partial charge >= 0.3 is 0 Å². The molecule has 1 aliphatic rings. The minimum Gasteiger partial charge on any atom is -0.493 e. The Labute approximate surface area is 146 Å². The summed E-state index contributed by atoms with van der Waals surface area (Å²) in [4.78, 5) is 8.14. The highest BCUT2D eigenvalue weighted by Gasteiger charge is 2.14. The van der Waals surface area contributed by atoms with Crippen LogP contribution in [0, 0.1) is 0 Å². The fourth-order valence-corrected chi connectivity index (χ4v) is 3.85. The molecule has 3 heteroatoms. The number of hydrogen-bond acceptors (Lipinski definition) is 2. The van der Waals surface area contributed by atoms with E-state index in [-0.39, 0.29) is 0 Å². The van der Waals surface area contributed by atoms with E-state index in [2.05, 4.69) is 59.4 Å². The summed E-state index contributed by atoms with van der Waals surface area (Å²) >= 11 is 0. The number of aromatic nitrogens is 2. The zero-order valence-corrected chi connectivity index (χ0v) is 14.3. The van der Waals surface area contributed by atoms with Crippen molar-refractivity contribution in [3.63, 3.8) is 0 Å². The molecular formula is C22H20N2O. The van der Waals surface area contributed by atoms with Gasteiger partial charge in [0.05, 0.1) is 17.8 Å². The number of fused-ring (bicyclic) bond motifs is 4. The maximum absolute atomic E-state index is 5.63. The van der Waals surface area contributed by atoms with Crippen molar-refractivity contribution in [1.29, 1.82) is 0 Å². The second kappa shape index (κ2) is 5.62. The van der Waals surface area contributed by atoms with E-state index in [0.717, 1.165) is 37.3 Å². The largest absolute Gasteiger partial charge is 0.493 e. The van der Waals surface area contributed by atoms with Crippen LogP contribution >= 0.6 is 0 Å². The third-order valence-electron chi connectivity index (χ3n) is 5.11. The van der Waals surface area contributed by atoms with Gasteiger partial charge in [0.2, 0.25) is 0 Å². The molecule has 2 aromatic heterocycles. The average molecular weight is 328 g/mol. The Kier molecular flexibility index (Phi) is 3.27. The van der Waals surface area contributed by atoms with E-state index in [9.17, 15) is 0 Å². The van der Waals surface area contributed by atoms with Crippen LogP contribution in [0.4, 0.5) is 0 Å². The number of ether oxygens (including phenoxy) is 1. The highest BCUT2D eigenvalue weighted by atomic mass is 16.5. The molecule has 1 aliphatic heterocycles. The van der Waals surface area contributed by atoms with Gasteiger partial charge in [-0.3, -0.25) is 4.98 Å². The third-order valence-corrected chi connectivity index (χ3v) is 5.11. The van der Waals surface area contributed by atoms with Gasteiger partial charge in [-0.15, -0.1) is 0 Å². The Hall–Kier alpha value is -2.81. The van der Waals surface area contributed by atoms with Crippen molar-refractivity contribution in [1.82, 2.24) is 9.97 Å². The van der Waals surface area contributed by atoms with Gasteiger partial charge in [-0.2, -0.15) is 0 Å². The zero-order valence-electron chi connectivity index (χ0n) is 14.3. The minimum atomic E-state index is 0.799. The molecule has 0 fully saturated rings. The molecule has 0 spiro atoms. The number of aromatic amines is 1. The molecule has 0 atom stereocenters. The summed E-state index contributed by atoms with van der Waals surface area (Å²) in [6.07, 6.45) is 5.04. The topological polar surface area (TPSA) is 37.9 Å². The molecule has 0 saturated heterocycles. The predicted molar refractivity (Wildman–Crippen MR) is 102 cm³/mol. The molecule has 4 aromatic rings. The number of H-pyrrole nitrogens is 1. The first-order valence-electron chi connectivity index (χ1n) is 8.99. The zero-order chi connectivity index (χ0) is 16.8. The first-order valence-corrected chi connectivity index (χ1v) is 8.99. The predicted octanol–water partition coefficient (Wildman–Crippen LogP) is 5.27. The van der Waals surface area contributed by atoms with Crippen molar-refractivity contribution in [2.24, 2.45) is 0 Å². The van der Waals surface area contributed by atoms with E-state index in [4.69, 9.17) is 4.74 Å². The van der Waals surface area contributed by atoms with Gasteiger partial charge in [0.1, 0.15) is 5.75 Å². The molecule has 3 nitrogen and oxygen atoms in total. The molecule has 25 heavy (non-hydrogen) atoms.